The van der Waals surface area contributed by atoms with Crippen LogP contribution in [0.2, 0.25) is 0 Å². The lowest BCUT2D eigenvalue weighted by molar-refractivity contribution is -0.166. The Balaban J connectivity index is 2.76. The van der Waals surface area contributed by atoms with E-state index in [4.69, 9.17) is 4.74 Å². The molecule has 14 heavy (non-hydrogen) atoms. The molecule has 0 aromatic carbocycles. The van der Waals surface area contributed by atoms with Crippen LogP contribution in [0.15, 0.2) is 0 Å². The van der Waals surface area contributed by atoms with Crippen molar-refractivity contribution in [2.45, 2.75) is 44.9 Å². The zero-order valence-electron chi connectivity index (χ0n) is 9.28. The first-order valence-electron chi connectivity index (χ1n) is 4.84. The lowest BCUT2D eigenvalue weighted by Crippen LogP contribution is -2.60. The zero-order valence-corrected chi connectivity index (χ0v) is 9.28. The molecule has 1 aliphatic heterocycles. The molecule has 1 fully saturated rings. The minimum atomic E-state index is -0.919. The van der Waals surface area contributed by atoms with Crippen molar-refractivity contribution >= 4 is 6.41 Å². The number of morpholine rings is 1. The van der Waals surface area contributed by atoms with Gasteiger partial charge in [0, 0.05) is 6.54 Å². The summed E-state index contributed by atoms with van der Waals surface area (Å²) in [4.78, 5) is 12.5. The van der Waals surface area contributed by atoms with E-state index in [1.54, 1.807) is 18.7 Å². The van der Waals surface area contributed by atoms with Gasteiger partial charge < -0.3 is 14.7 Å². The maximum atomic E-state index is 10.9. The molecule has 1 heterocycles. The molecule has 0 saturated carbocycles. The maximum absolute atomic E-state index is 10.9. The topological polar surface area (TPSA) is 49.8 Å². The van der Waals surface area contributed by atoms with E-state index in [-0.39, 0.29) is 11.6 Å². The standard InChI is InChI=1S/C10H19NO3/c1-9(2)6-11(7-12)8(5-14-9)10(3,4)13/h7-8,13H,5-6H2,1-4H3. The third kappa shape index (κ3) is 2.45. The molecule has 0 aromatic rings. The van der Waals surface area contributed by atoms with Crippen molar-refractivity contribution in [3.05, 3.63) is 0 Å². The number of rotatable bonds is 2. The minimum Gasteiger partial charge on any atom is -0.388 e. The molecular formula is C10H19NO3. The van der Waals surface area contributed by atoms with Crippen molar-refractivity contribution in [1.82, 2.24) is 4.90 Å². The Bertz CT molecular complexity index is 220. The van der Waals surface area contributed by atoms with Crippen LogP contribution < -0.4 is 0 Å². The largest absolute Gasteiger partial charge is 0.388 e. The summed E-state index contributed by atoms with van der Waals surface area (Å²) in [6.45, 7) is 8.15. The Kier molecular flexibility index (Phi) is 2.88. The van der Waals surface area contributed by atoms with Gasteiger partial charge in [-0.05, 0) is 27.7 Å². The monoisotopic (exact) mass is 201 g/mol. The van der Waals surface area contributed by atoms with Crippen LogP contribution in [0, 0.1) is 0 Å². The van der Waals surface area contributed by atoms with Crippen molar-refractivity contribution in [2.75, 3.05) is 13.2 Å². The van der Waals surface area contributed by atoms with Crippen molar-refractivity contribution < 1.29 is 14.6 Å². The normalized spacial score (nSPS) is 27.5. The van der Waals surface area contributed by atoms with E-state index >= 15 is 0 Å². The quantitative estimate of drug-likeness (QED) is 0.658. The number of carbonyl (C=O) groups excluding carboxylic acids is 1. The Morgan fingerprint density at radius 1 is 1.57 bits per heavy atom. The van der Waals surface area contributed by atoms with Crippen molar-refractivity contribution in [2.24, 2.45) is 0 Å². The number of aliphatic hydroxyl groups is 1. The number of ether oxygens (including phenoxy) is 1. The van der Waals surface area contributed by atoms with Crippen LogP contribution >= 0.6 is 0 Å². The van der Waals surface area contributed by atoms with Crippen molar-refractivity contribution in [3.63, 3.8) is 0 Å². The average Bonchev–Trinajstić information content (AvgIpc) is 2.00. The van der Waals surface area contributed by atoms with E-state index in [1.807, 2.05) is 13.8 Å². The summed E-state index contributed by atoms with van der Waals surface area (Å²) in [5, 5.41) is 9.83. The van der Waals surface area contributed by atoms with Gasteiger partial charge >= 0.3 is 0 Å². The van der Waals surface area contributed by atoms with Crippen LogP contribution in [0.1, 0.15) is 27.7 Å². The number of hydrogen-bond acceptors (Lipinski definition) is 3. The summed E-state index contributed by atoms with van der Waals surface area (Å²) in [6, 6.07) is -0.256. The molecule has 1 aliphatic rings. The van der Waals surface area contributed by atoms with E-state index in [9.17, 15) is 9.90 Å². The van der Waals surface area contributed by atoms with Gasteiger partial charge in [-0.1, -0.05) is 0 Å². The van der Waals surface area contributed by atoms with Crippen molar-refractivity contribution in [1.29, 1.82) is 0 Å². The fourth-order valence-electron chi connectivity index (χ4n) is 1.72. The molecule has 1 rings (SSSR count). The van der Waals surface area contributed by atoms with Crippen LogP contribution in [0.3, 0.4) is 0 Å². The second-order valence-electron chi connectivity index (χ2n) is 5.02. The van der Waals surface area contributed by atoms with Gasteiger partial charge in [0.05, 0.1) is 23.9 Å². The maximum Gasteiger partial charge on any atom is 0.210 e. The van der Waals surface area contributed by atoms with Gasteiger partial charge in [-0.25, -0.2) is 0 Å². The smallest absolute Gasteiger partial charge is 0.210 e. The highest BCUT2D eigenvalue weighted by Crippen LogP contribution is 2.25. The zero-order chi connectivity index (χ0) is 11.0. The summed E-state index contributed by atoms with van der Waals surface area (Å²) >= 11 is 0. The number of carbonyl (C=O) groups is 1. The fraction of sp³-hybridized carbons (Fsp3) is 0.900. The molecule has 4 nitrogen and oxygen atoms in total. The molecule has 1 N–H and O–H groups in total. The molecule has 0 aliphatic carbocycles. The van der Waals surface area contributed by atoms with Crippen LogP contribution in [-0.4, -0.2) is 46.8 Å². The van der Waals surface area contributed by atoms with Gasteiger partial charge in [-0.15, -0.1) is 0 Å². The molecule has 0 bridgehead atoms. The first kappa shape index (κ1) is 11.5. The number of amides is 1. The Labute approximate surface area is 84.8 Å². The third-order valence-electron chi connectivity index (χ3n) is 2.55. The molecule has 1 amide bonds. The van der Waals surface area contributed by atoms with E-state index in [0.717, 1.165) is 6.41 Å². The van der Waals surface area contributed by atoms with Gasteiger partial charge in [0.25, 0.3) is 0 Å². The number of nitrogens with zero attached hydrogens (tertiary/aromatic N) is 1. The van der Waals surface area contributed by atoms with Gasteiger partial charge in [0.2, 0.25) is 6.41 Å². The highest BCUT2D eigenvalue weighted by Gasteiger charge is 2.40. The number of hydrogen-bond donors (Lipinski definition) is 1. The SMILES string of the molecule is CC1(C)CN(C=O)C(C(C)(C)O)CO1. The molecule has 0 spiro atoms. The molecule has 0 radical (unpaired) electrons. The van der Waals surface area contributed by atoms with E-state index in [2.05, 4.69) is 0 Å². The highest BCUT2D eigenvalue weighted by molar-refractivity contribution is 5.48. The van der Waals surface area contributed by atoms with Gasteiger partial charge in [-0.2, -0.15) is 0 Å². The molecule has 1 atom stereocenters. The summed E-state index contributed by atoms with van der Waals surface area (Å²) in [7, 11) is 0. The average molecular weight is 201 g/mol. The molecule has 0 aromatic heterocycles. The molecule has 1 unspecified atom stereocenters. The van der Waals surface area contributed by atoms with E-state index in [0.29, 0.717) is 13.2 Å². The minimum absolute atomic E-state index is 0.256. The lowest BCUT2D eigenvalue weighted by atomic mass is 9.94. The molecular weight excluding hydrogens is 182 g/mol. The van der Waals surface area contributed by atoms with Gasteiger partial charge in [0.15, 0.2) is 0 Å². The van der Waals surface area contributed by atoms with Crippen molar-refractivity contribution in [3.8, 4) is 0 Å². The Hall–Kier alpha value is -0.610. The molecule has 82 valence electrons. The summed E-state index contributed by atoms with van der Waals surface area (Å²) in [5.74, 6) is 0. The van der Waals surface area contributed by atoms with Crippen LogP contribution in [0.4, 0.5) is 0 Å². The van der Waals surface area contributed by atoms with Crippen LogP contribution in [-0.2, 0) is 9.53 Å². The van der Waals surface area contributed by atoms with Crippen LogP contribution in [0.5, 0.6) is 0 Å². The highest BCUT2D eigenvalue weighted by atomic mass is 16.5. The van der Waals surface area contributed by atoms with Gasteiger partial charge in [0.1, 0.15) is 0 Å². The predicted molar refractivity (Wildman–Crippen MR) is 52.9 cm³/mol. The second-order valence-corrected chi connectivity index (χ2v) is 5.02. The summed E-state index contributed by atoms with van der Waals surface area (Å²) < 4.78 is 5.58. The van der Waals surface area contributed by atoms with E-state index in [1.165, 1.54) is 0 Å². The predicted octanol–water partition coefficient (Wildman–Crippen LogP) is 0.393. The van der Waals surface area contributed by atoms with Crippen LogP contribution in [0.25, 0.3) is 0 Å². The summed E-state index contributed by atoms with van der Waals surface area (Å²) in [6.07, 6.45) is 0.785. The Morgan fingerprint density at radius 2 is 2.14 bits per heavy atom. The first-order valence-corrected chi connectivity index (χ1v) is 4.84. The third-order valence-corrected chi connectivity index (χ3v) is 2.55. The van der Waals surface area contributed by atoms with Gasteiger partial charge in [-0.3, -0.25) is 4.79 Å². The van der Waals surface area contributed by atoms with E-state index < -0.39 is 5.60 Å². The molecule has 4 heteroatoms. The second kappa shape index (κ2) is 3.51. The molecule has 1 saturated heterocycles. The first-order chi connectivity index (χ1) is 6.26. The lowest BCUT2D eigenvalue weighted by Gasteiger charge is -2.46. The Morgan fingerprint density at radius 3 is 2.57 bits per heavy atom. The summed E-state index contributed by atoms with van der Waals surface area (Å²) in [5.41, 5.74) is -1.24. The fourth-order valence-corrected chi connectivity index (χ4v) is 1.72.